The monoisotopic (exact) mass is 442 g/mol. The Morgan fingerprint density at radius 2 is 1.84 bits per heavy atom. The topological polar surface area (TPSA) is 59.4 Å². The molecule has 0 amide bonds. The molecular formula is C25H35ClN4O. The smallest absolute Gasteiger partial charge is 0.145 e. The van der Waals surface area contributed by atoms with Gasteiger partial charge < -0.3 is 20.5 Å². The van der Waals surface area contributed by atoms with Crippen molar-refractivity contribution in [2.45, 2.75) is 33.2 Å². The van der Waals surface area contributed by atoms with Crippen LogP contribution in [0.4, 0.5) is 0 Å². The molecule has 0 fully saturated rings. The van der Waals surface area contributed by atoms with E-state index >= 15 is 0 Å². The van der Waals surface area contributed by atoms with E-state index < -0.39 is 0 Å². The van der Waals surface area contributed by atoms with E-state index in [2.05, 4.69) is 16.8 Å². The predicted octanol–water partition coefficient (Wildman–Crippen LogP) is 5.34. The van der Waals surface area contributed by atoms with Gasteiger partial charge in [0.25, 0.3) is 0 Å². The normalized spacial score (nSPS) is 13.8. The minimum Gasteiger partial charge on any atom is -0.385 e. The van der Waals surface area contributed by atoms with Gasteiger partial charge in [-0.3, -0.25) is 4.79 Å². The fraction of sp³-hybridized carbons (Fsp3) is 0.360. The number of allylic oxidation sites excluding steroid dienone is 3. The SMILES string of the molecule is C=C/C(NCC)=C(/C(=N)CC)C(c1ccc(Cl)cc1)N(C)C(/C=C(/C)C=O)=C/N(C)C. The van der Waals surface area contributed by atoms with E-state index in [9.17, 15) is 4.79 Å². The molecule has 0 aliphatic heterocycles. The summed E-state index contributed by atoms with van der Waals surface area (Å²) in [5.74, 6) is 0. The Hall–Kier alpha value is -2.79. The summed E-state index contributed by atoms with van der Waals surface area (Å²) in [6, 6.07) is 7.37. The third-order valence-electron chi connectivity index (χ3n) is 4.75. The Morgan fingerprint density at radius 3 is 2.29 bits per heavy atom. The van der Waals surface area contributed by atoms with Gasteiger partial charge in [0.05, 0.1) is 11.7 Å². The zero-order chi connectivity index (χ0) is 23.6. The van der Waals surface area contributed by atoms with Gasteiger partial charge in [0.2, 0.25) is 0 Å². The summed E-state index contributed by atoms with van der Waals surface area (Å²) in [7, 11) is 5.85. The van der Waals surface area contributed by atoms with Gasteiger partial charge in [0.1, 0.15) is 6.29 Å². The van der Waals surface area contributed by atoms with Crippen LogP contribution in [0.5, 0.6) is 0 Å². The molecule has 0 radical (unpaired) electrons. The summed E-state index contributed by atoms with van der Waals surface area (Å²) in [4.78, 5) is 15.4. The standard InChI is InChI=1S/C25H35ClN4O/c1-8-22(27)24(23(9-2)28-10-3)25(19-11-13-20(26)14-12-19)30(7)21(16-29(5)6)15-18(4)17-31/h9,11-17,25,27-28H,2,8,10H2,1,3-7H3/b18-15-,21-16+,24-23+,27-22?. The predicted molar refractivity (Wildman–Crippen MR) is 132 cm³/mol. The molecule has 5 nitrogen and oxygen atoms in total. The second kappa shape index (κ2) is 12.8. The van der Waals surface area contributed by atoms with Crippen molar-refractivity contribution in [1.29, 1.82) is 5.41 Å². The van der Waals surface area contributed by atoms with Crippen LogP contribution in [0.1, 0.15) is 38.8 Å². The zero-order valence-corrected chi connectivity index (χ0v) is 20.3. The van der Waals surface area contributed by atoms with Gasteiger partial charge in [-0.2, -0.15) is 0 Å². The van der Waals surface area contributed by atoms with Gasteiger partial charge in [0.15, 0.2) is 0 Å². The Balaban J connectivity index is 3.87. The molecule has 0 aromatic heterocycles. The van der Waals surface area contributed by atoms with Gasteiger partial charge in [-0.05, 0) is 55.7 Å². The summed E-state index contributed by atoms with van der Waals surface area (Å²) in [6.45, 7) is 10.5. The molecular weight excluding hydrogens is 408 g/mol. The highest BCUT2D eigenvalue weighted by Crippen LogP contribution is 2.34. The van der Waals surface area contributed by atoms with Crippen molar-refractivity contribution in [1.82, 2.24) is 15.1 Å². The van der Waals surface area contributed by atoms with Crippen LogP contribution in [0.2, 0.25) is 5.02 Å². The number of rotatable bonds is 12. The molecule has 31 heavy (non-hydrogen) atoms. The summed E-state index contributed by atoms with van der Waals surface area (Å²) < 4.78 is 0. The minimum atomic E-state index is -0.293. The first kappa shape index (κ1) is 26.2. The summed E-state index contributed by atoms with van der Waals surface area (Å²) in [6.07, 6.45) is 6.99. The molecule has 168 valence electrons. The highest BCUT2D eigenvalue weighted by Gasteiger charge is 2.27. The van der Waals surface area contributed by atoms with Crippen molar-refractivity contribution in [3.05, 3.63) is 82.3 Å². The van der Waals surface area contributed by atoms with Crippen molar-refractivity contribution in [2.75, 3.05) is 27.7 Å². The van der Waals surface area contributed by atoms with Crippen molar-refractivity contribution in [3.8, 4) is 0 Å². The first-order chi connectivity index (χ1) is 14.7. The second-order valence-electron chi connectivity index (χ2n) is 7.48. The average molecular weight is 443 g/mol. The van der Waals surface area contributed by atoms with Crippen LogP contribution in [-0.2, 0) is 4.79 Å². The van der Waals surface area contributed by atoms with Crippen molar-refractivity contribution in [2.24, 2.45) is 0 Å². The molecule has 1 rings (SSSR count). The second-order valence-corrected chi connectivity index (χ2v) is 7.92. The maximum absolute atomic E-state index is 11.3. The lowest BCUT2D eigenvalue weighted by Gasteiger charge is -2.35. The van der Waals surface area contributed by atoms with E-state index in [1.54, 1.807) is 13.0 Å². The third-order valence-corrected chi connectivity index (χ3v) is 5.00. The lowest BCUT2D eigenvalue weighted by atomic mass is 9.90. The van der Waals surface area contributed by atoms with Gasteiger partial charge in [-0.1, -0.05) is 37.2 Å². The number of nitrogens with one attached hydrogen (secondary N) is 2. The minimum absolute atomic E-state index is 0.293. The maximum Gasteiger partial charge on any atom is 0.145 e. The quantitative estimate of drug-likeness (QED) is 0.198. The summed E-state index contributed by atoms with van der Waals surface area (Å²) in [5, 5.41) is 12.8. The van der Waals surface area contributed by atoms with Gasteiger partial charge in [-0.25, -0.2) is 0 Å². The number of hydrogen-bond donors (Lipinski definition) is 2. The first-order valence-corrected chi connectivity index (χ1v) is 10.8. The van der Waals surface area contributed by atoms with E-state index in [-0.39, 0.29) is 6.04 Å². The molecule has 0 saturated carbocycles. The number of benzene rings is 1. The van der Waals surface area contributed by atoms with E-state index in [1.807, 2.05) is 76.4 Å². The molecule has 1 aromatic rings. The molecule has 0 aliphatic rings. The Bertz CT molecular complexity index is 866. The highest BCUT2D eigenvalue weighted by atomic mass is 35.5. The third kappa shape index (κ3) is 7.44. The van der Waals surface area contributed by atoms with Crippen molar-refractivity contribution < 1.29 is 4.79 Å². The van der Waals surface area contributed by atoms with Crippen LogP contribution in [-0.4, -0.2) is 49.5 Å². The number of aldehydes is 1. The van der Waals surface area contributed by atoms with Crippen molar-refractivity contribution >= 4 is 23.6 Å². The molecule has 1 aromatic carbocycles. The number of hydrogen-bond acceptors (Lipinski definition) is 5. The molecule has 1 unspecified atom stereocenters. The van der Waals surface area contributed by atoms with Gasteiger partial charge in [-0.15, -0.1) is 0 Å². The Morgan fingerprint density at radius 1 is 1.23 bits per heavy atom. The molecule has 0 heterocycles. The molecule has 1 atom stereocenters. The molecule has 0 aliphatic carbocycles. The van der Waals surface area contributed by atoms with Crippen LogP contribution in [0.3, 0.4) is 0 Å². The first-order valence-electron chi connectivity index (χ1n) is 10.4. The molecule has 0 bridgehead atoms. The van der Waals surface area contributed by atoms with Gasteiger partial charge >= 0.3 is 0 Å². The summed E-state index contributed by atoms with van der Waals surface area (Å²) in [5.41, 5.74) is 4.62. The van der Waals surface area contributed by atoms with Crippen LogP contribution in [0.25, 0.3) is 0 Å². The maximum atomic E-state index is 11.3. The molecule has 6 heteroatoms. The Kier molecular flexibility index (Phi) is 10.8. The molecule has 0 spiro atoms. The fourth-order valence-corrected chi connectivity index (χ4v) is 3.40. The van der Waals surface area contributed by atoms with Crippen LogP contribution >= 0.6 is 11.6 Å². The number of nitrogens with zero attached hydrogens (tertiary/aromatic N) is 2. The molecule has 0 saturated heterocycles. The average Bonchev–Trinajstić information content (AvgIpc) is 2.75. The van der Waals surface area contributed by atoms with Crippen molar-refractivity contribution in [3.63, 3.8) is 0 Å². The van der Waals surface area contributed by atoms with E-state index in [4.69, 9.17) is 17.0 Å². The van der Waals surface area contributed by atoms with E-state index in [0.717, 1.165) is 28.8 Å². The Labute approximate surface area is 192 Å². The lowest BCUT2D eigenvalue weighted by Crippen LogP contribution is -2.31. The zero-order valence-electron chi connectivity index (χ0n) is 19.5. The van der Waals surface area contributed by atoms with Gasteiger partial charge in [0, 0.05) is 55.9 Å². The largest absolute Gasteiger partial charge is 0.385 e. The van der Waals surface area contributed by atoms with E-state index in [1.165, 1.54) is 0 Å². The van der Waals surface area contributed by atoms with Crippen LogP contribution < -0.4 is 5.32 Å². The van der Waals surface area contributed by atoms with E-state index in [0.29, 0.717) is 29.3 Å². The van der Waals surface area contributed by atoms with Crippen LogP contribution in [0, 0.1) is 5.41 Å². The highest BCUT2D eigenvalue weighted by molar-refractivity contribution is 6.30. The van der Waals surface area contributed by atoms with Crippen LogP contribution in [0.15, 0.2) is 71.7 Å². The number of halogens is 1. The number of carbonyl (C=O) groups excluding carboxylic acids is 1. The lowest BCUT2D eigenvalue weighted by molar-refractivity contribution is -0.104. The molecule has 2 N–H and O–H groups in total. The number of likely N-dealkylation sites (N-methyl/N-ethyl adjacent to an activating group) is 2. The fourth-order valence-electron chi connectivity index (χ4n) is 3.27. The number of carbonyl (C=O) groups is 1. The summed E-state index contributed by atoms with van der Waals surface area (Å²) >= 11 is 6.16.